The number of anilines is 1. The molecule has 0 heterocycles. The van der Waals surface area contributed by atoms with Gasteiger partial charge in [-0.1, -0.05) is 18.2 Å². The van der Waals surface area contributed by atoms with Gasteiger partial charge in [-0.3, -0.25) is 0 Å². The summed E-state index contributed by atoms with van der Waals surface area (Å²) in [5.74, 6) is 0.131. The molecule has 0 spiro atoms. The van der Waals surface area contributed by atoms with Crippen LogP contribution < -0.4 is 5.32 Å². The highest BCUT2D eigenvalue weighted by Gasteiger charge is 2.11. The van der Waals surface area contributed by atoms with Gasteiger partial charge >= 0.3 is 0 Å². The van der Waals surface area contributed by atoms with Crippen LogP contribution in [-0.4, -0.2) is 40.2 Å². The summed E-state index contributed by atoms with van der Waals surface area (Å²) in [6, 6.07) is 7.78. The van der Waals surface area contributed by atoms with Crippen molar-refractivity contribution in [2.24, 2.45) is 0 Å². The van der Waals surface area contributed by atoms with E-state index in [1.165, 1.54) is 6.26 Å². The normalized spacial score (nSPS) is 13.3. The number of rotatable bonds is 7. The number of sulfone groups is 1. The average Bonchev–Trinajstić information content (AvgIpc) is 2.25. The lowest BCUT2D eigenvalue weighted by Gasteiger charge is -2.17. The summed E-state index contributed by atoms with van der Waals surface area (Å²) in [5, 5.41) is 3.24. The molecule has 1 atom stereocenters. The summed E-state index contributed by atoms with van der Waals surface area (Å²) >= 11 is 0. The quantitative estimate of drug-likeness (QED) is 0.820. The van der Waals surface area contributed by atoms with Crippen LogP contribution in [0.3, 0.4) is 0 Å². The van der Waals surface area contributed by atoms with Crippen molar-refractivity contribution in [3.05, 3.63) is 29.8 Å². The number of para-hydroxylation sites is 1. The molecule has 102 valence electrons. The molecule has 1 rings (SSSR count). The Morgan fingerprint density at radius 3 is 2.61 bits per heavy atom. The molecule has 0 saturated heterocycles. The number of nitrogens with one attached hydrogen (secondary N) is 1. The molecular formula is C13H21NO3S. The molecule has 0 amide bonds. The lowest BCUT2D eigenvalue weighted by atomic mass is 10.1. The minimum Gasteiger partial charge on any atom is -0.384 e. The fourth-order valence-corrected chi connectivity index (χ4v) is 2.84. The van der Waals surface area contributed by atoms with E-state index in [0.717, 1.165) is 17.7 Å². The molecule has 1 unspecified atom stereocenters. The summed E-state index contributed by atoms with van der Waals surface area (Å²) in [6.07, 6.45) is 2.06. The van der Waals surface area contributed by atoms with E-state index in [4.69, 9.17) is 4.74 Å². The second kappa shape index (κ2) is 6.75. The zero-order chi connectivity index (χ0) is 13.6. The van der Waals surface area contributed by atoms with E-state index in [1.54, 1.807) is 7.11 Å². The largest absolute Gasteiger partial charge is 0.384 e. The Balaban J connectivity index is 2.71. The Morgan fingerprint density at radius 2 is 2.00 bits per heavy atom. The van der Waals surface area contributed by atoms with Crippen LogP contribution in [0.2, 0.25) is 0 Å². The molecule has 4 nitrogen and oxygen atoms in total. The van der Waals surface area contributed by atoms with E-state index >= 15 is 0 Å². The first-order valence-electron chi connectivity index (χ1n) is 5.93. The van der Waals surface area contributed by atoms with Gasteiger partial charge in [0.15, 0.2) is 0 Å². The van der Waals surface area contributed by atoms with Crippen molar-refractivity contribution in [2.45, 2.75) is 19.4 Å². The Bertz CT molecular complexity index is 471. The second-order valence-corrected chi connectivity index (χ2v) is 6.72. The van der Waals surface area contributed by atoms with E-state index in [-0.39, 0.29) is 11.8 Å². The molecule has 18 heavy (non-hydrogen) atoms. The Hall–Kier alpha value is -1.07. The van der Waals surface area contributed by atoms with Crippen molar-refractivity contribution >= 4 is 15.5 Å². The summed E-state index contributed by atoms with van der Waals surface area (Å²) in [6.45, 7) is 2.52. The number of ether oxygens (including phenoxy) is 1. The second-order valence-electron chi connectivity index (χ2n) is 4.54. The van der Waals surface area contributed by atoms with Crippen LogP contribution in [0.1, 0.15) is 12.5 Å². The number of methoxy groups -OCH3 is 1. The Labute approximate surface area is 109 Å². The fourth-order valence-electron chi connectivity index (χ4n) is 1.85. The van der Waals surface area contributed by atoms with E-state index in [1.807, 2.05) is 31.2 Å². The van der Waals surface area contributed by atoms with Crippen LogP contribution in [0.15, 0.2) is 24.3 Å². The lowest BCUT2D eigenvalue weighted by Crippen LogP contribution is -2.25. The lowest BCUT2D eigenvalue weighted by molar-refractivity contribution is 0.202. The predicted octanol–water partition coefficient (Wildman–Crippen LogP) is 1.72. The van der Waals surface area contributed by atoms with Gasteiger partial charge in [0.25, 0.3) is 0 Å². The molecule has 0 aliphatic heterocycles. The monoisotopic (exact) mass is 271 g/mol. The molecule has 1 N–H and O–H groups in total. The maximum Gasteiger partial charge on any atom is 0.149 e. The summed E-state index contributed by atoms with van der Waals surface area (Å²) in [5.41, 5.74) is 2.12. The van der Waals surface area contributed by atoms with Gasteiger partial charge in [-0.15, -0.1) is 0 Å². The molecule has 0 aliphatic rings. The van der Waals surface area contributed by atoms with Gasteiger partial charge < -0.3 is 10.1 Å². The van der Waals surface area contributed by atoms with E-state index in [2.05, 4.69) is 5.32 Å². The summed E-state index contributed by atoms with van der Waals surface area (Å²) < 4.78 is 27.5. The third kappa shape index (κ3) is 5.51. The van der Waals surface area contributed by atoms with Gasteiger partial charge in [-0.25, -0.2) is 8.42 Å². The summed E-state index contributed by atoms with van der Waals surface area (Å²) in [7, 11) is -1.29. The van der Waals surface area contributed by atoms with Crippen LogP contribution in [0.5, 0.6) is 0 Å². The molecule has 0 aliphatic carbocycles. The number of hydrogen-bond donors (Lipinski definition) is 1. The minimum absolute atomic E-state index is 0.108. The van der Waals surface area contributed by atoms with E-state index < -0.39 is 9.84 Å². The van der Waals surface area contributed by atoms with Gasteiger partial charge in [0, 0.05) is 25.1 Å². The third-order valence-electron chi connectivity index (χ3n) is 2.55. The molecule has 0 aromatic heterocycles. The average molecular weight is 271 g/mol. The van der Waals surface area contributed by atoms with E-state index in [9.17, 15) is 8.42 Å². The van der Waals surface area contributed by atoms with Crippen molar-refractivity contribution in [3.8, 4) is 0 Å². The van der Waals surface area contributed by atoms with Crippen molar-refractivity contribution in [2.75, 3.05) is 31.0 Å². The van der Waals surface area contributed by atoms with Crippen molar-refractivity contribution in [1.29, 1.82) is 0 Å². The molecule has 1 aromatic rings. The fraction of sp³-hybridized carbons (Fsp3) is 0.538. The Morgan fingerprint density at radius 1 is 1.33 bits per heavy atom. The van der Waals surface area contributed by atoms with Crippen molar-refractivity contribution < 1.29 is 13.2 Å². The summed E-state index contributed by atoms with van der Waals surface area (Å²) in [4.78, 5) is 0. The first kappa shape index (κ1) is 15.0. The first-order chi connectivity index (χ1) is 8.42. The van der Waals surface area contributed by atoms with Crippen molar-refractivity contribution in [1.82, 2.24) is 0 Å². The number of hydrogen-bond acceptors (Lipinski definition) is 4. The van der Waals surface area contributed by atoms with Crippen LogP contribution in [-0.2, 0) is 21.0 Å². The maximum atomic E-state index is 11.2. The zero-order valence-electron chi connectivity index (χ0n) is 11.1. The van der Waals surface area contributed by atoms with Crippen molar-refractivity contribution in [3.63, 3.8) is 0 Å². The number of benzene rings is 1. The topological polar surface area (TPSA) is 55.4 Å². The zero-order valence-corrected chi connectivity index (χ0v) is 12.0. The van der Waals surface area contributed by atoms with Gasteiger partial charge in [0.2, 0.25) is 0 Å². The van der Waals surface area contributed by atoms with Crippen LogP contribution in [0.4, 0.5) is 5.69 Å². The molecule has 0 saturated carbocycles. The molecular weight excluding hydrogens is 250 g/mol. The van der Waals surface area contributed by atoms with Gasteiger partial charge in [-0.05, 0) is 25.0 Å². The highest BCUT2D eigenvalue weighted by atomic mass is 32.2. The SMILES string of the molecule is COCCc1ccccc1NC(C)CS(C)(=O)=O. The van der Waals surface area contributed by atoms with Gasteiger partial charge in [0.1, 0.15) is 9.84 Å². The smallest absolute Gasteiger partial charge is 0.149 e. The van der Waals surface area contributed by atoms with Crippen LogP contribution in [0, 0.1) is 0 Å². The molecule has 0 bridgehead atoms. The van der Waals surface area contributed by atoms with Gasteiger partial charge in [-0.2, -0.15) is 0 Å². The third-order valence-corrected chi connectivity index (χ3v) is 3.65. The minimum atomic E-state index is -2.96. The molecule has 0 fully saturated rings. The first-order valence-corrected chi connectivity index (χ1v) is 7.99. The standard InChI is InChI=1S/C13H21NO3S/c1-11(10-18(3,15)16)14-13-7-5-4-6-12(13)8-9-17-2/h4-7,11,14H,8-10H2,1-3H3. The Kier molecular flexibility index (Phi) is 5.62. The highest BCUT2D eigenvalue weighted by Crippen LogP contribution is 2.17. The van der Waals surface area contributed by atoms with Crippen LogP contribution >= 0.6 is 0 Å². The molecule has 0 radical (unpaired) electrons. The van der Waals surface area contributed by atoms with Crippen LogP contribution in [0.25, 0.3) is 0 Å². The highest BCUT2D eigenvalue weighted by molar-refractivity contribution is 7.90. The maximum absolute atomic E-state index is 11.2. The molecule has 5 heteroatoms. The van der Waals surface area contributed by atoms with E-state index in [0.29, 0.717) is 6.61 Å². The predicted molar refractivity (Wildman–Crippen MR) is 74.8 cm³/mol. The molecule has 1 aromatic carbocycles. The van der Waals surface area contributed by atoms with Gasteiger partial charge in [0.05, 0.1) is 12.4 Å².